The molecule has 1 aliphatic rings. The Bertz CT molecular complexity index is 738. The van der Waals surface area contributed by atoms with Crippen molar-refractivity contribution in [3.63, 3.8) is 0 Å². The van der Waals surface area contributed by atoms with Crippen molar-refractivity contribution in [2.75, 3.05) is 0 Å². The molecular weight excluding hydrogens is 288 g/mol. The second-order valence-electron chi connectivity index (χ2n) is 4.08. The summed E-state index contributed by atoms with van der Waals surface area (Å²) in [5.74, 6) is -1.26. The molecule has 1 aromatic carbocycles. The van der Waals surface area contributed by atoms with Crippen molar-refractivity contribution in [2.24, 2.45) is 0 Å². The number of hydrogen-bond donors (Lipinski definition) is 1. The number of carboxylic acids is 1. The molecule has 1 aromatic heterocycles. The zero-order chi connectivity index (χ0) is 15.0. The van der Waals surface area contributed by atoms with E-state index in [0.29, 0.717) is 5.56 Å². The summed E-state index contributed by atoms with van der Waals surface area (Å²) in [7, 11) is 0. The number of carboxylic acid groups (broad SMARTS) is 1. The van der Waals surface area contributed by atoms with E-state index < -0.39 is 12.3 Å². The van der Waals surface area contributed by atoms with Gasteiger partial charge in [0.1, 0.15) is 6.26 Å². The third-order valence-corrected chi connectivity index (χ3v) is 2.58. The van der Waals surface area contributed by atoms with Crippen molar-refractivity contribution >= 4 is 18.1 Å². The number of benzene rings is 1. The SMILES string of the molecule is O=C(O)c1coc(/C=C/c2ccc3c(c2)OC(F)(F)O3)n1. The molecule has 2 heterocycles. The van der Waals surface area contributed by atoms with Crippen molar-refractivity contribution < 1.29 is 32.6 Å². The maximum atomic E-state index is 12.9. The number of oxazole rings is 1. The molecule has 0 amide bonds. The number of aromatic carboxylic acids is 1. The monoisotopic (exact) mass is 295 g/mol. The molecular formula is C13H7F2NO5. The first-order valence-electron chi connectivity index (χ1n) is 5.70. The number of carbonyl (C=O) groups is 1. The highest BCUT2D eigenvalue weighted by Crippen LogP contribution is 2.41. The molecule has 0 atom stereocenters. The lowest BCUT2D eigenvalue weighted by atomic mass is 10.2. The van der Waals surface area contributed by atoms with Crippen molar-refractivity contribution in [1.29, 1.82) is 0 Å². The molecule has 0 aliphatic carbocycles. The highest BCUT2D eigenvalue weighted by molar-refractivity contribution is 5.85. The first-order valence-corrected chi connectivity index (χ1v) is 5.70. The Morgan fingerprint density at radius 3 is 2.71 bits per heavy atom. The van der Waals surface area contributed by atoms with Gasteiger partial charge in [0, 0.05) is 6.08 Å². The second kappa shape index (κ2) is 4.58. The number of rotatable bonds is 3. The summed E-state index contributed by atoms with van der Waals surface area (Å²) in [6, 6.07) is 4.23. The van der Waals surface area contributed by atoms with Gasteiger partial charge in [0.2, 0.25) is 5.89 Å². The van der Waals surface area contributed by atoms with Crippen LogP contribution in [0.15, 0.2) is 28.9 Å². The number of alkyl halides is 2. The molecule has 108 valence electrons. The van der Waals surface area contributed by atoms with Crippen molar-refractivity contribution in [3.05, 3.63) is 41.6 Å². The molecule has 0 saturated heterocycles. The van der Waals surface area contributed by atoms with E-state index in [1.165, 1.54) is 30.4 Å². The van der Waals surface area contributed by atoms with Gasteiger partial charge < -0.3 is 19.0 Å². The minimum absolute atomic E-state index is 0.0542. The summed E-state index contributed by atoms with van der Waals surface area (Å²) >= 11 is 0. The van der Waals surface area contributed by atoms with Crippen LogP contribution in [-0.4, -0.2) is 22.4 Å². The molecule has 0 unspecified atom stereocenters. The largest absolute Gasteiger partial charge is 0.586 e. The molecule has 0 bridgehead atoms. The van der Waals surface area contributed by atoms with Crippen molar-refractivity contribution in [3.8, 4) is 11.5 Å². The van der Waals surface area contributed by atoms with Crippen LogP contribution < -0.4 is 9.47 Å². The molecule has 8 heteroatoms. The number of ether oxygens (including phenoxy) is 2. The molecule has 0 saturated carbocycles. The van der Waals surface area contributed by atoms with E-state index in [0.717, 1.165) is 6.26 Å². The van der Waals surface area contributed by atoms with Gasteiger partial charge in [-0.25, -0.2) is 9.78 Å². The zero-order valence-corrected chi connectivity index (χ0v) is 10.2. The van der Waals surface area contributed by atoms with E-state index in [2.05, 4.69) is 14.5 Å². The van der Waals surface area contributed by atoms with E-state index in [1.807, 2.05) is 0 Å². The van der Waals surface area contributed by atoms with Gasteiger partial charge in [-0.05, 0) is 23.8 Å². The first-order chi connectivity index (χ1) is 9.93. The normalized spacial score (nSPS) is 15.5. The van der Waals surface area contributed by atoms with Gasteiger partial charge in [-0.1, -0.05) is 6.07 Å². The van der Waals surface area contributed by atoms with Gasteiger partial charge in [0.25, 0.3) is 0 Å². The Morgan fingerprint density at radius 1 is 1.24 bits per heavy atom. The van der Waals surface area contributed by atoms with Crippen LogP contribution in [0.1, 0.15) is 21.9 Å². The zero-order valence-electron chi connectivity index (χ0n) is 10.2. The van der Waals surface area contributed by atoms with Gasteiger partial charge in [-0.15, -0.1) is 8.78 Å². The summed E-state index contributed by atoms with van der Waals surface area (Å²) in [6.45, 7) is 0. The van der Waals surface area contributed by atoms with Crippen LogP contribution in [0.25, 0.3) is 12.2 Å². The molecule has 6 nitrogen and oxygen atoms in total. The Labute approximate surface area is 116 Å². The highest BCUT2D eigenvalue weighted by atomic mass is 19.3. The van der Waals surface area contributed by atoms with E-state index in [1.54, 1.807) is 0 Å². The quantitative estimate of drug-likeness (QED) is 0.937. The van der Waals surface area contributed by atoms with Gasteiger partial charge in [0.15, 0.2) is 17.2 Å². The van der Waals surface area contributed by atoms with Gasteiger partial charge in [-0.3, -0.25) is 0 Å². The Morgan fingerprint density at radius 2 is 2.00 bits per heavy atom. The van der Waals surface area contributed by atoms with Crippen LogP contribution in [0.5, 0.6) is 11.5 Å². The first kappa shape index (κ1) is 13.1. The second-order valence-corrected chi connectivity index (χ2v) is 4.08. The predicted molar refractivity (Wildman–Crippen MR) is 65.0 cm³/mol. The number of hydrogen-bond acceptors (Lipinski definition) is 5. The van der Waals surface area contributed by atoms with Gasteiger partial charge >= 0.3 is 12.3 Å². The predicted octanol–water partition coefficient (Wildman–Crippen LogP) is 2.86. The van der Waals surface area contributed by atoms with Crippen LogP contribution >= 0.6 is 0 Å². The van der Waals surface area contributed by atoms with E-state index in [-0.39, 0.29) is 23.1 Å². The van der Waals surface area contributed by atoms with Crippen LogP contribution in [0, 0.1) is 0 Å². The minimum atomic E-state index is -3.66. The lowest BCUT2D eigenvalue weighted by Gasteiger charge is -2.04. The molecule has 0 radical (unpaired) electrons. The van der Waals surface area contributed by atoms with Crippen LogP contribution in [0.2, 0.25) is 0 Å². The smallest absolute Gasteiger partial charge is 0.476 e. The summed E-state index contributed by atoms with van der Waals surface area (Å²) in [5, 5.41) is 8.69. The lowest BCUT2D eigenvalue weighted by molar-refractivity contribution is -0.286. The van der Waals surface area contributed by atoms with Crippen molar-refractivity contribution in [1.82, 2.24) is 4.98 Å². The number of aromatic nitrogens is 1. The average molecular weight is 295 g/mol. The van der Waals surface area contributed by atoms with Crippen LogP contribution in [0.3, 0.4) is 0 Å². The maximum absolute atomic E-state index is 12.9. The van der Waals surface area contributed by atoms with Crippen LogP contribution in [0.4, 0.5) is 8.78 Å². The molecule has 2 aromatic rings. The van der Waals surface area contributed by atoms with Crippen molar-refractivity contribution in [2.45, 2.75) is 6.29 Å². The van der Waals surface area contributed by atoms with E-state index in [9.17, 15) is 13.6 Å². The van der Waals surface area contributed by atoms with E-state index in [4.69, 9.17) is 9.52 Å². The summed E-state index contributed by atoms with van der Waals surface area (Å²) in [5.41, 5.74) is 0.310. The van der Waals surface area contributed by atoms with Gasteiger partial charge in [0.05, 0.1) is 0 Å². The Hall–Kier alpha value is -2.90. The Kier molecular flexibility index (Phi) is 2.86. The molecule has 21 heavy (non-hydrogen) atoms. The van der Waals surface area contributed by atoms with E-state index >= 15 is 0 Å². The third kappa shape index (κ3) is 2.69. The van der Waals surface area contributed by atoms with Crippen LogP contribution in [-0.2, 0) is 0 Å². The molecule has 1 aliphatic heterocycles. The highest BCUT2D eigenvalue weighted by Gasteiger charge is 2.43. The topological polar surface area (TPSA) is 81.8 Å². The molecule has 1 N–H and O–H groups in total. The molecule has 3 rings (SSSR count). The molecule has 0 fully saturated rings. The fourth-order valence-corrected chi connectivity index (χ4v) is 1.70. The summed E-state index contributed by atoms with van der Waals surface area (Å²) in [6.07, 6.45) is 0.255. The lowest BCUT2D eigenvalue weighted by Crippen LogP contribution is -2.25. The standard InChI is InChI=1S/C13H7F2NO5/c14-13(15)20-9-3-1-7(5-10(9)21-13)2-4-11-16-8(6-19-11)12(17)18/h1-6H,(H,17,18)/b4-2+. The fourth-order valence-electron chi connectivity index (χ4n) is 1.70. The maximum Gasteiger partial charge on any atom is 0.586 e. The number of halogens is 2. The third-order valence-electron chi connectivity index (χ3n) is 2.58. The number of fused-ring (bicyclic) bond motifs is 1. The average Bonchev–Trinajstić information content (AvgIpc) is 2.98. The minimum Gasteiger partial charge on any atom is -0.476 e. The molecule has 0 spiro atoms. The fraction of sp³-hybridized carbons (Fsp3) is 0.0769. The Balaban J connectivity index is 1.79. The number of nitrogens with zero attached hydrogens (tertiary/aromatic N) is 1. The van der Waals surface area contributed by atoms with Gasteiger partial charge in [-0.2, -0.15) is 0 Å². The summed E-state index contributed by atoms with van der Waals surface area (Å²) < 4.78 is 39.2. The summed E-state index contributed by atoms with van der Waals surface area (Å²) in [4.78, 5) is 14.3.